The summed E-state index contributed by atoms with van der Waals surface area (Å²) in [4.78, 5) is 10.2. The molecule has 1 aromatic rings. The molecule has 5 heteroatoms. The lowest BCUT2D eigenvalue weighted by Gasteiger charge is -2.07. The lowest BCUT2D eigenvalue weighted by molar-refractivity contribution is 0.167. The Labute approximate surface area is 111 Å². The highest BCUT2D eigenvalue weighted by Crippen LogP contribution is 2.17. The number of nitrogens with one attached hydrogen (secondary N) is 1. The van der Waals surface area contributed by atoms with Crippen LogP contribution in [0, 0.1) is 0 Å². The van der Waals surface area contributed by atoms with Crippen LogP contribution in [-0.4, -0.2) is 24.2 Å². The quantitative estimate of drug-likeness (QED) is 0.841. The number of alkyl halides is 1. The van der Waals surface area contributed by atoms with Crippen LogP contribution in [0.25, 0.3) is 0 Å². The summed E-state index contributed by atoms with van der Waals surface area (Å²) in [5.41, 5.74) is -0.754. The fourth-order valence-electron chi connectivity index (χ4n) is 1.50. The molecular formula is C13H17ClFNO2. The summed E-state index contributed by atoms with van der Waals surface area (Å²) in [5.74, 6) is 0. The Morgan fingerprint density at radius 1 is 1.50 bits per heavy atom. The molecule has 3 nitrogen and oxygen atoms in total. The number of hydrogen-bond donors (Lipinski definition) is 1. The Hall–Kier alpha value is -1.13. The summed E-state index contributed by atoms with van der Waals surface area (Å²) >= 11 is 4.97. The molecule has 0 bridgehead atoms. The van der Waals surface area contributed by atoms with Crippen molar-refractivity contribution in [3.8, 4) is 0 Å². The van der Waals surface area contributed by atoms with Gasteiger partial charge in [0, 0.05) is 18.1 Å². The monoisotopic (exact) mass is 273 g/mol. The van der Waals surface area contributed by atoms with Gasteiger partial charge in [-0.05, 0) is 25.5 Å². The highest BCUT2D eigenvalue weighted by atomic mass is 35.5. The first-order valence-electron chi connectivity index (χ1n) is 5.75. The maximum atomic E-state index is 12.5. The molecule has 1 aliphatic rings. The average Bonchev–Trinajstić information content (AvgIpc) is 2.73. The van der Waals surface area contributed by atoms with E-state index < -0.39 is 11.1 Å². The van der Waals surface area contributed by atoms with E-state index in [1.807, 2.05) is 30.3 Å². The molecular weight excluding hydrogens is 257 g/mol. The highest BCUT2D eigenvalue weighted by molar-refractivity contribution is 6.61. The van der Waals surface area contributed by atoms with Gasteiger partial charge in [0.05, 0.1) is 0 Å². The van der Waals surface area contributed by atoms with E-state index in [0.29, 0.717) is 13.0 Å². The van der Waals surface area contributed by atoms with Crippen molar-refractivity contribution >= 4 is 17.0 Å². The lowest BCUT2D eigenvalue weighted by Crippen LogP contribution is -2.20. The second-order valence-corrected chi connectivity index (χ2v) is 4.66. The lowest BCUT2D eigenvalue weighted by atomic mass is 10.1. The van der Waals surface area contributed by atoms with Crippen LogP contribution in [0.3, 0.4) is 0 Å². The van der Waals surface area contributed by atoms with Gasteiger partial charge in [-0.3, -0.25) is 0 Å². The first-order chi connectivity index (χ1) is 8.49. The zero-order valence-corrected chi connectivity index (χ0v) is 11.0. The van der Waals surface area contributed by atoms with Crippen LogP contribution in [0.4, 0.5) is 9.18 Å². The summed E-state index contributed by atoms with van der Waals surface area (Å²) in [7, 11) is 0. The van der Waals surface area contributed by atoms with E-state index in [-0.39, 0.29) is 6.61 Å². The number of hydrogen-bond acceptors (Lipinski definition) is 3. The minimum Gasteiger partial charge on any atom is -0.449 e. The van der Waals surface area contributed by atoms with Crippen molar-refractivity contribution in [2.75, 3.05) is 13.1 Å². The maximum Gasteiger partial charge on any atom is 0.404 e. The van der Waals surface area contributed by atoms with E-state index in [9.17, 15) is 9.18 Å². The van der Waals surface area contributed by atoms with E-state index in [1.54, 1.807) is 6.92 Å². The van der Waals surface area contributed by atoms with Gasteiger partial charge in [-0.2, -0.15) is 0 Å². The molecule has 1 heterocycles. The molecule has 0 unspecified atom stereocenters. The molecule has 0 aliphatic carbocycles. The minimum atomic E-state index is -0.917. The van der Waals surface area contributed by atoms with Crippen molar-refractivity contribution in [2.24, 2.45) is 0 Å². The maximum absolute atomic E-state index is 12.5. The normalized spacial score (nSPS) is 21.9. The van der Waals surface area contributed by atoms with E-state index in [1.165, 1.54) is 0 Å². The van der Waals surface area contributed by atoms with E-state index in [2.05, 4.69) is 10.1 Å². The van der Waals surface area contributed by atoms with Crippen molar-refractivity contribution in [1.82, 2.24) is 5.32 Å². The first kappa shape index (κ1) is 14.9. The molecule has 0 saturated carbocycles. The molecule has 1 aromatic carbocycles. The van der Waals surface area contributed by atoms with Crippen molar-refractivity contribution in [2.45, 2.75) is 25.6 Å². The van der Waals surface area contributed by atoms with Crippen molar-refractivity contribution in [3.63, 3.8) is 0 Å². The van der Waals surface area contributed by atoms with Gasteiger partial charge in [0.25, 0.3) is 0 Å². The average molecular weight is 274 g/mol. The smallest absolute Gasteiger partial charge is 0.404 e. The zero-order valence-electron chi connectivity index (χ0n) is 10.3. The van der Waals surface area contributed by atoms with Gasteiger partial charge < -0.3 is 10.1 Å². The van der Waals surface area contributed by atoms with Gasteiger partial charge in [-0.25, -0.2) is 9.18 Å². The number of halogens is 2. The third kappa shape index (κ3) is 6.57. The van der Waals surface area contributed by atoms with Crippen molar-refractivity contribution in [1.29, 1.82) is 0 Å². The van der Waals surface area contributed by atoms with Gasteiger partial charge in [0.15, 0.2) is 0 Å². The minimum absolute atomic E-state index is 0.239. The number of carbonyl (C=O) groups excluding carboxylic acids is 1. The number of carbonyl (C=O) groups is 1. The second kappa shape index (κ2) is 7.34. The summed E-state index contributed by atoms with van der Waals surface area (Å²) < 4.78 is 17.1. The molecule has 1 fully saturated rings. The number of benzene rings is 1. The third-order valence-electron chi connectivity index (χ3n) is 2.51. The molecule has 0 radical (unpaired) electrons. The van der Waals surface area contributed by atoms with Crippen LogP contribution >= 0.6 is 11.6 Å². The molecule has 1 atom stereocenters. The van der Waals surface area contributed by atoms with Crippen LogP contribution < -0.4 is 5.32 Å². The Kier molecular flexibility index (Phi) is 6.09. The van der Waals surface area contributed by atoms with Gasteiger partial charge >= 0.3 is 5.43 Å². The van der Waals surface area contributed by atoms with Crippen LogP contribution in [0.15, 0.2) is 30.3 Å². The molecule has 2 rings (SSSR count). The van der Waals surface area contributed by atoms with Crippen LogP contribution in [-0.2, 0) is 11.3 Å². The van der Waals surface area contributed by atoms with Crippen LogP contribution in [0.5, 0.6) is 0 Å². The summed E-state index contributed by atoms with van der Waals surface area (Å²) in [6.45, 7) is 3.25. The summed E-state index contributed by atoms with van der Waals surface area (Å²) in [6, 6.07) is 9.36. The Bertz CT molecular complexity index is 363. The van der Waals surface area contributed by atoms with Gasteiger partial charge in [-0.1, -0.05) is 30.3 Å². The van der Waals surface area contributed by atoms with Crippen molar-refractivity contribution in [3.05, 3.63) is 35.9 Å². The predicted molar refractivity (Wildman–Crippen MR) is 69.5 cm³/mol. The fourth-order valence-corrected chi connectivity index (χ4v) is 1.56. The highest BCUT2D eigenvalue weighted by Gasteiger charge is 2.26. The Morgan fingerprint density at radius 2 is 2.17 bits per heavy atom. The Balaban J connectivity index is 0.000000199. The third-order valence-corrected chi connectivity index (χ3v) is 2.62. The van der Waals surface area contributed by atoms with E-state index in [0.717, 1.165) is 12.1 Å². The SMILES string of the molecule is C[C@]1(F)CCNC1.O=C(Cl)OCc1ccccc1. The standard InChI is InChI=1S/C8H7ClO2.C5H10FN/c9-8(10)11-6-7-4-2-1-3-5-7;1-5(6)2-3-7-4-5/h1-5H,6H2;7H,2-4H2,1H3/t;5-/m.0/s1. The van der Waals surface area contributed by atoms with Crippen LogP contribution in [0.2, 0.25) is 0 Å². The molecule has 1 saturated heterocycles. The summed E-state index contributed by atoms with van der Waals surface area (Å²) in [6.07, 6.45) is 0.674. The van der Waals surface area contributed by atoms with Gasteiger partial charge in [0.1, 0.15) is 12.3 Å². The second-order valence-electron chi connectivity index (χ2n) is 4.35. The van der Waals surface area contributed by atoms with E-state index >= 15 is 0 Å². The topological polar surface area (TPSA) is 38.3 Å². The first-order valence-corrected chi connectivity index (χ1v) is 6.13. The zero-order chi connectivity index (χ0) is 13.4. The van der Waals surface area contributed by atoms with Crippen molar-refractivity contribution < 1.29 is 13.9 Å². The fraction of sp³-hybridized carbons (Fsp3) is 0.462. The van der Waals surface area contributed by atoms with Crippen LogP contribution in [0.1, 0.15) is 18.9 Å². The van der Waals surface area contributed by atoms with E-state index in [4.69, 9.17) is 11.6 Å². The van der Waals surface area contributed by atoms with Gasteiger partial charge in [0.2, 0.25) is 0 Å². The largest absolute Gasteiger partial charge is 0.449 e. The molecule has 1 aliphatic heterocycles. The summed E-state index contributed by atoms with van der Waals surface area (Å²) in [5, 5.41) is 2.94. The Morgan fingerprint density at radius 3 is 2.56 bits per heavy atom. The molecule has 0 aromatic heterocycles. The molecule has 1 N–H and O–H groups in total. The number of rotatable bonds is 2. The molecule has 0 amide bonds. The van der Waals surface area contributed by atoms with Gasteiger partial charge in [-0.15, -0.1) is 0 Å². The number of ether oxygens (including phenoxy) is 1. The molecule has 100 valence electrons. The molecule has 18 heavy (non-hydrogen) atoms. The molecule has 0 spiro atoms. The predicted octanol–water partition coefficient (Wildman–Crippen LogP) is 3.27.